The van der Waals surface area contributed by atoms with Crippen molar-refractivity contribution in [3.63, 3.8) is 0 Å². The molecule has 1 amide bonds. The minimum atomic E-state index is -0.765. The molecule has 5 nitrogen and oxygen atoms in total. The van der Waals surface area contributed by atoms with Crippen molar-refractivity contribution in [3.05, 3.63) is 106 Å². The molecule has 0 spiro atoms. The number of aromatic nitrogens is 1. The molecule has 0 saturated carbocycles. The molecule has 31 heavy (non-hydrogen) atoms. The van der Waals surface area contributed by atoms with E-state index in [-0.39, 0.29) is 23.7 Å². The van der Waals surface area contributed by atoms with Gasteiger partial charge in [-0.05, 0) is 66.1 Å². The largest absolute Gasteiger partial charge is 0.507 e. The van der Waals surface area contributed by atoms with Gasteiger partial charge in [-0.1, -0.05) is 23.7 Å². The zero-order valence-corrected chi connectivity index (χ0v) is 17.1. The number of amides is 1. The van der Waals surface area contributed by atoms with E-state index in [0.717, 1.165) is 5.56 Å². The van der Waals surface area contributed by atoms with E-state index in [4.69, 9.17) is 11.6 Å². The molecule has 156 valence electrons. The first-order valence-corrected chi connectivity index (χ1v) is 10.0. The highest BCUT2D eigenvalue weighted by atomic mass is 35.5. The van der Waals surface area contributed by atoms with Gasteiger partial charge < -0.3 is 10.0 Å². The van der Waals surface area contributed by atoms with E-state index in [1.54, 1.807) is 60.9 Å². The van der Waals surface area contributed by atoms with Crippen LogP contribution in [-0.2, 0) is 16.0 Å². The Morgan fingerprint density at radius 2 is 1.65 bits per heavy atom. The first-order chi connectivity index (χ1) is 15.0. The molecule has 2 aromatic carbocycles. The average Bonchev–Trinajstić information content (AvgIpc) is 3.04. The molecule has 0 radical (unpaired) electrons. The van der Waals surface area contributed by atoms with Crippen molar-refractivity contribution in [1.82, 2.24) is 9.88 Å². The molecule has 4 rings (SSSR count). The molecule has 1 aliphatic rings. The molecule has 7 heteroatoms. The molecule has 0 bridgehead atoms. The van der Waals surface area contributed by atoms with Gasteiger partial charge in [-0.25, -0.2) is 4.39 Å². The summed E-state index contributed by atoms with van der Waals surface area (Å²) in [6.07, 6.45) is 3.56. The first-order valence-electron chi connectivity index (χ1n) is 9.64. The topological polar surface area (TPSA) is 70.5 Å². The van der Waals surface area contributed by atoms with Crippen LogP contribution in [0.2, 0.25) is 5.02 Å². The maximum Gasteiger partial charge on any atom is 0.295 e. The highest BCUT2D eigenvalue weighted by Gasteiger charge is 2.45. The predicted octanol–water partition coefficient (Wildman–Crippen LogP) is 4.54. The Morgan fingerprint density at radius 3 is 2.29 bits per heavy atom. The number of carbonyl (C=O) groups is 2. The van der Waals surface area contributed by atoms with Crippen LogP contribution < -0.4 is 0 Å². The van der Waals surface area contributed by atoms with Crippen molar-refractivity contribution in [3.8, 4) is 0 Å². The van der Waals surface area contributed by atoms with Gasteiger partial charge in [0.25, 0.3) is 11.7 Å². The van der Waals surface area contributed by atoms with Crippen LogP contribution >= 0.6 is 11.6 Å². The lowest BCUT2D eigenvalue weighted by molar-refractivity contribution is -0.139. The van der Waals surface area contributed by atoms with Crippen LogP contribution in [0.3, 0.4) is 0 Å². The molecule has 1 fully saturated rings. The Balaban J connectivity index is 1.74. The molecule has 1 unspecified atom stereocenters. The summed E-state index contributed by atoms with van der Waals surface area (Å²) in [4.78, 5) is 31.3. The van der Waals surface area contributed by atoms with Crippen LogP contribution in [-0.4, -0.2) is 33.2 Å². The van der Waals surface area contributed by atoms with E-state index in [1.807, 2.05) is 0 Å². The van der Waals surface area contributed by atoms with Gasteiger partial charge in [0.05, 0.1) is 11.6 Å². The minimum absolute atomic E-state index is 0.0117. The van der Waals surface area contributed by atoms with Gasteiger partial charge in [0.1, 0.15) is 11.6 Å². The Kier molecular flexibility index (Phi) is 5.82. The zero-order chi connectivity index (χ0) is 22.0. The van der Waals surface area contributed by atoms with Crippen molar-refractivity contribution in [2.24, 2.45) is 0 Å². The lowest BCUT2D eigenvalue weighted by Gasteiger charge is -2.25. The van der Waals surface area contributed by atoms with Crippen LogP contribution in [0.25, 0.3) is 5.76 Å². The van der Waals surface area contributed by atoms with Crippen molar-refractivity contribution >= 4 is 29.1 Å². The third-order valence-corrected chi connectivity index (χ3v) is 5.49. The van der Waals surface area contributed by atoms with E-state index in [1.165, 1.54) is 17.0 Å². The van der Waals surface area contributed by atoms with Gasteiger partial charge in [0.15, 0.2) is 0 Å². The van der Waals surface area contributed by atoms with Crippen molar-refractivity contribution in [1.29, 1.82) is 0 Å². The highest BCUT2D eigenvalue weighted by Crippen LogP contribution is 2.39. The molecule has 1 aliphatic heterocycles. The van der Waals surface area contributed by atoms with Gasteiger partial charge in [-0.2, -0.15) is 0 Å². The molecule has 1 atom stereocenters. The Labute approximate surface area is 183 Å². The number of halogens is 2. The minimum Gasteiger partial charge on any atom is -0.507 e. The number of rotatable bonds is 5. The third kappa shape index (κ3) is 4.20. The van der Waals surface area contributed by atoms with Crippen LogP contribution in [0.1, 0.15) is 22.7 Å². The van der Waals surface area contributed by atoms with E-state index < -0.39 is 17.7 Å². The number of aliphatic hydroxyl groups excluding tert-OH is 1. The summed E-state index contributed by atoms with van der Waals surface area (Å²) in [5.41, 5.74) is 1.89. The maximum absolute atomic E-state index is 13.2. The molecule has 0 aliphatic carbocycles. The number of nitrogens with zero attached hydrogens (tertiary/aromatic N) is 2. The van der Waals surface area contributed by atoms with Gasteiger partial charge in [-0.3, -0.25) is 14.6 Å². The van der Waals surface area contributed by atoms with Gasteiger partial charge in [0.2, 0.25) is 0 Å². The molecule has 3 aromatic rings. The van der Waals surface area contributed by atoms with Crippen LogP contribution in [0.4, 0.5) is 4.39 Å². The van der Waals surface area contributed by atoms with Gasteiger partial charge in [0, 0.05) is 29.5 Å². The number of aliphatic hydroxyl groups is 1. The smallest absolute Gasteiger partial charge is 0.295 e. The summed E-state index contributed by atoms with van der Waals surface area (Å²) in [6, 6.07) is 15.0. The third-order valence-electron chi connectivity index (χ3n) is 5.23. The lowest BCUT2D eigenvalue weighted by Crippen LogP contribution is -2.31. The number of benzene rings is 2. The van der Waals surface area contributed by atoms with Gasteiger partial charge in [-0.15, -0.1) is 0 Å². The average molecular weight is 437 g/mol. The first kappa shape index (κ1) is 20.8. The maximum atomic E-state index is 13.2. The molecule has 1 saturated heterocycles. The standard InChI is InChI=1S/C24H18ClFN2O3/c25-18-5-3-17(4-6-18)22(29)20-21(16-9-12-27-13-10-16)28(24(31)23(20)30)14-11-15-1-7-19(26)8-2-15/h1-10,12-13,21,29H,11,14H2/b22-20-. The predicted molar refractivity (Wildman–Crippen MR) is 115 cm³/mol. The molecule has 2 heterocycles. The Morgan fingerprint density at radius 1 is 1.00 bits per heavy atom. The highest BCUT2D eigenvalue weighted by molar-refractivity contribution is 6.46. The van der Waals surface area contributed by atoms with Crippen molar-refractivity contribution in [2.45, 2.75) is 12.5 Å². The molecular formula is C24H18ClFN2O3. The monoisotopic (exact) mass is 436 g/mol. The second kappa shape index (κ2) is 8.70. The lowest BCUT2D eigenvalue weighted by atomic mass is 9.96. The SMILES string of the molecule is O=C1C(=O)N(CCc2ccc(F)cc2)C(c2ccncc2)/C1=C(/O)c1ccc(Cl)cc1. The fourth-order valence-corrected chi connectivity index (χ4v) is 3.79. The number of Topliss-reactive ketones (excluding diaryl/α,β-unsaturated/α-hetero) is 1. The summed E-state index contributed by atoms with van der Waals surface area (Å²) in [7, 11) is 0. The number of hydrogen-bond donors (Lipinski definition) is 1. The number of carbonyl (C=O) groups excluding carboxylic acids is 2. The van der Waals surface area contributed by atoms with E-state index >= 15 is 0 Å². The summed E-state index contributed by atoms with van der Waals surface area (Å²) >= 11 is 5.93. The summed E-state index contributed by atoms with van der Waals surface area (Å²) in [6.45, 7) is 0.223. The Bertz CT molecular complexity index is 1150. The van der Waals surface area contributed by atoms with Crippen molar-refractivity contribution < 1.29 is 19.1 Å². The zero-order valence-electron chi connectivity index (χ0n) is 16.3. The Hall–Kier alpha value is -3.51. The number of likely N-dealkylation sites (tertiary alicyclic amines) is 1. The summed E-state index contributed by atoms with van der Waals surface area (Å²) in [5, 5.41) is 11.4. The van der Waals surface area contributed by atoms with E-state index in [2.05, 4.69) is 4.98 Å². The second-order valence-corrected chi connectivity index (χ2v) is 7.59. The second-order valence-electron chi connectivity index (χ2n) is 7.16. The summed E-state index contributed by atoms with van der Waals surface area (Å²) < 4.78 is 13.2. The fourth-order valence-electron chi connectivity index (χ4n) is 3.67. The molecule has 1 aromatic heterocycles. The van der Waals surface area contributed by atoms with E-state index in [9.17, 15) is 19.1 Å². The summed E-state index contributed by atoms with van der Waals surface area (Å²) in [5.74, 6) is -2.06. The number of pyridine rings is 1. The molecule has 1 N–H and O–H groups in total. The van der Waals surface area contributed by atoms with Gasteiger partial charge >= 0.3 is 0 Å². The van der Waals surface area contributed by atoms with Crippen LogP contribution in [0.15, 0.2) is 78.6 Å². The van der Waals surface area contributed by atoms with Crippen LogP contribution in [0.5, 0.6) is 0 Å². The molecular weight excluding hydrogens is 419 g/mol. The van der Waals surface area contributed by atoms with E-state index in [0.29, 0.717) is 22.6 Å². The number of ketones is 1. The van der Waals surface area contributed by atoms with Crippen LogP contribution in [0, 0.1) is 5.82 Å². The van der Waals surface area contributed by atoms with Crippen molar-refractivity contribution in [2.75, 3.05) is 6.54 Å². The quantitative estimate of drug-likeness (QED) is 0.362. The normalized spacial score (nSPS) is 17.9. The number of hydrogen-bond acceptors (Lipinski definition) is 4. The fraction of sp³-hybridized carbons (Fsp3) is 0.125.